The molecule has 0 bridgehead atoms. The second kappa shape index (κ2) is 7.40. The molecule has 3 aliphatic rings. The molecule has 2 fully saturated rings. The van der Waals surface area contributed by atoms with Gasteiger partial charge in [-0.15, -0.1) is 0 Å². The van der Waals surface area contributed by atoms with E-state index in [0.29, 0.717) is 11.8 Å². The molecule has 0 aromatic carbocycles. The zero-order chi connectivity index (χ0) is 17.2. The standard InChI is InChI=1S/C20H30N4O/c1-23-11-9-18-17(13-23)12-21-19(22-18)16-8-5-10-24(14-16)20(25)15-6-3-2-4-7-15/h12,15-16H,2-11,13-14H2,1H3/t16-/m0/s1. The number of aromatic nitrogens is 2. The molecule has 1 atom stereocenters. The van der Waals surface area contributed by atoms with Gasteiger partial charge in [-0.25, -0.2) is 9.97 Å². The number of carbonyl (C=O) groups is 1. The highest BCUT2D eigenvalue weighted by Gasteiger charge is 2.31. The summed E-state index contributed by atoms with van der Waals surface area (Å²) in [6.45, 7) is 3.75. The topological polar surface area (TPSA) is 49.3 Å². The molecular formula is C20H30N4O. The summed E-state index contributed by atoms with van der Waals surface area (Å²) in [4.78, 5) is 26.9. The van der Waals surface area contributed by atoms with E-state index in [0.717, 1.165) is 64.1 Å². The molecule has 1 aromatic heterocycles. The molecule has 5 heteroatoms. The first-order valence-electron chi connectivity index (χ1n) is 10.0. The first-order chi connectivity index (χ1) is 12.2. The molecule has 0 N–H and O–H groups in total. The van der Waals surface area contributed by atoms with Crippen molar-refractivity contribution in [3.8, 4) is 0 Å². The van der Waals surface area contributed by atoms with Crippen LogP contribution in [0.5, 0.6) is 0 Å². The lowest BCUT2D eigenvalue weighted by Crippen LogP contribution is -2.43. The van der Waals surface area contributed by atoms with Crippen molar-refractivity contribution in [2.24, 2.45) is 5.92 Å². The Balaban J connectivity index is 1.45. The zero-order valence-corrected chi connectivity index (χ0v) is 15.4. The molecule has 1 saturated heterocycles. The van der Waals surface area contributed by atoms with Gasteiger partial charge >= 0.3 is 0 Å². The average molecular weight is 342 g/mol. The molecule has 1 aliphatic carbocycles. The average Bonchev–Trinajstić information content (AvgIpc) is 2.68. The molecule has 4 rings (SSSR count). The molecule has 5 nitrogen and oxygen atoms in total. The maximum atomic E-state index is 12.9. The van der Waals surface area contributed by atoms with Crippen LogP contribution in [0.2, 0.25) is 0 Å². The summed E-state index contributed by atoms with van der Waals surface area (Å²) in [6.07, 6.45) is 11.1. The van der Waals surface area contributed by atoms with Gasteiger partial charge in [0.05, 0.1) is 0 Å². The van der Waals surface area contributed by atoms with Crippen LogP contribution in [0, 0.1) is 5.92 Å². The molecule has 136 valence electrons. The fourth-order valence-electron chi connectivity index (χ4n) is 4.67. The molecule has 1 amide bonds. The third kappa shape index (κ3) is 3.71. The summed E-state index contributed by atoms with van der Waals surface area (Å²) in [7, 11) is 2.15. The highest BCUT2D eigenvalue weighted by molar-refractivity contribution is 5.79. The van der Waals surface area contributed by atoms with Crippen molar-refractivity contribution < 1.29 is 4.79 Å². The number of nitrogens with zero attached hydrogens (tertiary/aromatic N) is 4. The van der Waals surface area contributed by atoms with Crippen molar-refractivity contribution in [2.45, 2.75) is 63.8 Å². The molecule has 0 radical (unpaired) electrons. The van der Waals surface area contributed by atoms with E-state index in [4.69, 9.17) is 4.98 Å². The van der Waals surface area contributed by atoms with Crippen molar-refractivity contribution in [1.29, 1.82) is 0 Å². The zero-order valence-electron chi connectivity index (χ0n) is 15.4. The third-order valence-electron chi connectivity index (χ3n) is 6.20. The molecule has 25 heavy (non-hydrogen) atoms. The molecular weight excluding hydrogens is 312 g/mol. The minimum atomic E-state index is 0.271. The van der Waals surface area contributed by atoms with Crippen LogP contribution in [0.3, 0.4) is 0 Å². The maximum Gasteiger partial charge on any atom is 0.225 e. The molecule has 1 aromatic rings. The monoisotopic (exact) mass is 342 g/mol. The summed E-state index contributed by atoms with van der Waals surface area (Å²) in [5, 5.41) is 0. The largest absolute Gasteiger partial charge is 0.342 e. The second-order valence-corrected chi connectivity index (χ2v) is 8.15. The summed E-state index contributed by atoms with van der Waals surface area (Å²) < 4.78 is 0. The van der Waals surface area contributed by atoms with Gasteiger partial charge in [0.1, 0.15) is 5.82 Å². The minimum absolute atomic E-state index is 0.271. The summed E-state index contributed by atoms with van der Waals surface area (Å²) in [5.74, 6) is 1.94. The van der Waals surface area contributed by atoms with Gasteiger partial charge < -0.3 is 9.80 Å². The number of carbonyl (C=O) groups excluding carboxylic acids is 1. The first-order valence-corrected chi connectivity index (χ1v) is 10.0. The maximum absolute atomic E-state index is 12.9. The van der Waals surface area contributed by atoms with Crippen molar-refractivity contribution >= 4 is 5.91 Å². The predicted octanol–water partition coefficient (Wildman–Crippen LogP) is 2.75. The van der Waals surface area contributed by atoms with Crippen LogP contribution < -0.4 is 0 Å². The van der Waals surface area contributed by atoms with Crippen LogP contribution in [0.4, 0.5) is 0 Å². The fourth-order valence-corrected chi connectivity index (χ4v) is 4.67. The highest BCUT2D eigenvalue weighted by Crippen LogP contribution is 2.30. The Bertz CT molecular complexity index is 626. The molecule has 1 saturated carbocycles. The number of hydrogen-bond donors (Lipinski definition) is 0. The lowest BCUT2D eigenvalue weighted by Gasteiger charge is -2.35. The van der Waals surface area contributed by atoms with Gasteiger partial charge in [-0.2, -0.15) is 0 Å². The molecule has 3 heterocycles. The van der Waals surface area contributed by atoms with Gasteiger partial charge in [0, 0.05) is 61.9 Å². The van der Waals surface area contributed by atoms with E-state index in [-0.39, 0.29) is 5.92 Å². The van der Waals surface area contributed by atoms with E-state index < -0.39 is 0 Å². The van der Waals surface area contributed by atoms with Crippen LogP contribution in [0.15, 0.2) is 6.20 Å². The van der Waals surface area contributed by atoms with Gasteiger partial charge in [-0.1, -0.05) is 19.3 Å². The normalized spacial score (nSPS) is 25.6. The minimum Gasteiger partial charge on any atom is -0.342 e. The quantitative estimate of drug-likeness (QED) is 0.829. The number of fused-ring (bicyclic) bond motifs is 1. The van der Waals surface area contributed by atoms with Gasteiger partial charge in [-0.05, 0) is 32.7 Å². The summed E-state index contributed by atoms with van der Waals surface area (Å²) in [5.41, 5.74) is 2.49. The fraction of sp³-hybridized carbons (Fsp3) is 0.750. The highest BCUT2D eigenvalue weighted by atomic mass is 16.2. The van der Waals surface area contributed by atoms with Crippen molar-refractivity contribution in [2.75, 3.05) is 26.7 Å². The first kappa shape index (κ1) is 17.0. The van der Waals surface area contributed by atoms with Gasteiger partial charge in [0.25, 0.3) is 0 Å². The van der Waals surface area contributed by atoms with E-state index in [9.17, 15) is 4.79 Å². The van der Waals surface area contributed by atoms with Crippen molar-refractivity contribution in [1.82, 2.24) is 19.8 Å². The Morgan fingerprint density at radius 1 is 1.12 bits per heavy atom. The van der Waals surface area contributed by atoms with E-state index >= 15 is 0 Å². The van der Waals surface area contributed by atoms with E-state index in [2.05, 4.69) is 21.8 Å². The number of likely N-dealkylation sites (N-methyl/N-ethyl adjacent to an activating group) is 1. The Morgan fingerprint density at radius 3 is 2.80 bits per heavy atom. The van der Waals surface area contributed by atoms with Gasteiger partial charge in [-0.3, -0.25) is 4.79 Å². The molecule has 0 unspecified atom stereocenters. The Kier molecular flexibility index (Phi) is 5.02. The Hall–Kier alpha value is -1.49. The summed E-state index contributed by atoms with van der Waals surface area (Å²) >= 11 is 0. The number of amides is 1. The number of hydrogen-bond acceptors (Lipinski definition) is 4. The number of likely N-dealkylation sites (tertiary alicyclic amines) is 1. The Labute approximate surface area is 150 Å². The lowest BCUT2D eigenvalue weighted by molar-refractivity contribution is -0.137. The predicted molar refractivity (Wildman–Crippen MR) is 97.2 cm³/mol. The Morgan fingerprint density at radius 2 is 1.96 bits per heavy atom. The third-order valence-corrected chi connectivity index (χ3v) is 6.20. The van der Waals surface area contributed by atoms with Crippen LogP contribution in [-0.2, 0) is 17.8 Å². The number of piperidine rings is 1. The SMILES string of the molecule is CN1CCc2nc([C@H]3CCCN(C(=O)C4CCCCC4)C3)ncc2C1. The van der Waals surface area contributed by atoms with Crippen molar-refractivity contribution in [3.05, 3.63) is 23.3 Å². The van der Waals surface area contributed by atoms with E-state index in [1.807, 2.05) is 6.20 Å². The smallest absolute Gasteiger partial charge is 0.225 e. The van der Waals surface area contributed by atoms with Gasteiger partial charge in [0.2, 0.25) is 5.91 Å². The van der Waals surface area contributed by atoms with Gasteiger partial charge in [0.15, 0.2) is 0 Å². The van der Waals surface area contributed by atoms with E-state index in [1.54, 1.807) is 0 Å². The van der Waals surface area contributed by atoms with Crippen LogP contribution in [-0.4, -0.2) is 52.4 Å². The van der Waals surface area contributed by atoms with E-state index in [1.165, 1.54) is 30.5 Å². The van der Waals surface area contributed by atoms with Crippen LogP contribution in [0.1, 0.15) is 67.9 Å². The number of rotatable bonds is 2. The summed E-state index contributed by atoms with van der Waals surface area (Å²) in [6, 6.07) is 0. The van der Waals surface area contributed by atoms with Crippen LogP contribution >= 0.6 is 0 Å². The molecule has 0 spiro atoms. The molecule has 2 aliphatic heterocycles. The lowest BCUT2D eigenvalue weighted by atomic mass is 9.87. The van der Waals surface area contributed by atoms with Crippen LogP contribution in [0.25, 0.3) is 0 Å². The second-order valence-electron chi connectivity index (χ2n) is 8.15. The van der Waals surface area contributed by atoms with Crippen molar-refractivity contribution in [3.63, 3.8) is 0 Å².